The zero-order valence-electron chi connectivity index (χ0n) is 17.9. The zero-order valence-corrected chi connectivity index (χ0v) is 17.9. The summed E-state index contributed by atoms with van der Waals surface area (Å²) in [5.74, 6) is 0.515. The van der Waals surface area contributed by atoms with Gasteiger partial charge in [-0.05, 0) is 63.8 Å². The number of phenols is 1. The smallest absolute Gasteiger partial charge is 0.410 e. The maximum absolute atomic E-state index is 12.6. The van der Waals surface area contributed by atoms with E-state index in [9.17, 15) is 15.0 Å². The number of likely N-dealkylation sites (tertiary alicyclic amines) is 1. The molecule has 1 aliphatic rings. The lowest BCUT2D eigenvalue weighted by Gasteiger charge is -2.35. The van der Waals surface area contributed by atoms with Crippen molar-refractivity contribution in [2.75, 3.05) is 25.4 Å². The largest absolute Gasteiger partial charge is 0.507 e. The van der Waals surface area contributed by atoms with E-state index in [1.54, 1.807) is 23.1 Å². The number of aliphatic hydroxyl groups is 1. The molecule has 3 rings (SSSR count). The fourth-order valence-electron chi connectivity index (χ4n) is 3.91. The highest BCUT2D eigenvalue weighted by atomic mass is 16.6. The number of aliphatic hydroxyl groups excluding tert-OH is 1. The van der Waals surface area contributed by atoms with Gasteiger partial charge in [-0.25, -0.2) is 9.78 Å². The average molecular weight is 414 g/mol. The van der Waals surface area contributed by atoms with E-state index in [2.05, 4.69) is 4.98 Å². The second-order valence-electron chi connectivity index (χ2n) is 8.72. The molecule has 4 N–H and O–H groups in total. The van der Waals surface area contributed by atoms with Gasteiger partial charge >= 0.3 is 6.09 Å². The first-order valence-corrected chi connectivity index (χ1v) is 10.4. The summed E-state index contributed by atoms with van der Waals surface area (Å²) in [6.45, 7) is 6.68. The number of piperidine rings is 1. The molecule has 1 saturated heterocycles. The number of nitrogens with zero attached hydrogens (tertiary/aromatic N) is 2. The number of carbonyl (C=O) groups is 1. The van der Waals surface area contributed by atoms with Crippen molar-refractivity contribution in [3.8, 4) is 17.0 Å². The van der Waals surface area contributed by atoms with Crippen LogP contribution in [0, 0.1) is 0 Å². The Balaban J connectivity index is 1.96. The molecule has 1 atom stereocenters. The summed E-state index contributed by atoms with van der Waals surface area (Å²) in [6.07, 6.45) is 1.80. The van der Waals surface area contributed by atoms with Crippen molar-refractivity contribution in [2.24, 2.45) is 0 Å². The Morgan fingerprint density at radius 2 is 2.07 bits per heavy atom. The number of hydrogen-bond donors (Lipinski definition) is 3. The number of phenolic OH excluding ortho intramolecular Hbond substituents is 1. The highest BCUT2D eigenvalue weighted by Gasteiger charge is 2.30. The molecule has 1 aliphatic heterocycles. The lowest BCUT2D eigenvalue weighted by molar-refractivity contribution is 0.0198. The van der Waals surface area contributed by atoms with Crippen molar-refractivity contribution in [1.29, 1.82) is 0 Å². The van der Waals surface area contributed by atoms with Crippen LogP contribution in [0.25, 0.3) is 11.3 Å². The number of amides is 1. The molecular weight excluding hydrogens is 382 g/mol. The van der Waals surface area contributed by atoms with Crippen molar-refractivity contribution in [3.63, 3.8) is 0 Å². The summed E-state index contributed by atoms with van der Waals surface area (Å²) in [5.41, 5.74) is 8.66. The minimum atomic E-state index is -0.550. The van der Waals surface area contributed by atoms with E-state index in [0.29, 0.717) is 36.6 Å². The number of nitrogen functional groups attached to an aromatic ring is 1. The molecular formula is C23H31N3O4. The molecule has 1 aromatic heterocycles. The van der Waals surface area contributed by atoms with Crippen LogP contribution in [-0.2, 0) is 11.2 Å². The van der Waals surface area contributed by atoms with E-state index in [1.165, 1.54) is 0 Å². The van der Waals surface area contributed by atoms with Gasteiger partial charge < -0.3 is 25.6 Å². The van der Waals surface area contributed by atoms with Crippen molar-refractivity contribution < 1.29 is 19.7 Å². The number of hydrogen-bond acceptors (Lipinski definition) is 6. The van der Waals surface area contributed by atoms with Crippen LogP contribution < -0.4 is 5.73 Å². The van der Waals surface area contributed by atoms with Crippen LogP contribution >= 0.6 is 0 Å². The Kier molecular flexibility index (Phi) is 6.51. The summed E-state index contributed by atoms with van der Waals surface area (Å²) in [7, 11) is 0. The standard InChI is InChI=1S/C23H31N3O4/c1-23(2,3)30-22(29)26-11-6-7-15(14-26)18-13-19(17-8-4-5-9-20(17)28)25-21(24)16(18)10-12-27/h4-5,8-9,13,15,27-28H,6-7,10-12,14H2,1-3H3,(H2,24,25). The van der Waals surface area contributed by atoms with Crippen LogP contribution in [0.15, 0.2) is 30.3 Å². The first-order chi connectivity index (χ1) is 14.2. The number of ether oxygens (including phenoxy) is 1. The number of rotatable bonds is 4. The molecule has 7 heteroatoms. The number of anilines is 1. The van der Waals surface area contributed by atoms with E-state index in [0.717, 1.165) is 24.0 Å². The van der Waals surface area contributed by atoms with Gasteiger partial charge in [0.25, 0.3) is 0 Å². The van der Waals surface area contributed by atoms with Gasteiger partial charge in [0, 0.05) is 36.7 Å². The van der Waals surface area contributed by atoms with Gasteiger partial charge in [0.15, 0.2) is 0 Å². The molecule has 1 unspecified atom stereocenters. The van der Waals surface area contributed by atoms with Gasteiger partial charge in [-0.15, -0.1) is 0 Å². The maximum atomic E-state index is 12.6. The number of benzene rings is 1. The lowest BCUT2D eigenvalue weighted by Crippen LogP contribution is -2.42. The quantitative estimate of drug-likeness (QED) is 0.705. The van der Waals surface area contributed by atoms with E-state index < -0.39 is 5.60 Å². The van der Waals surface area contributed by atoms with Crippen LogP contribution in [0.1, 0.15) is 50.7 Å². The van der Waals surface area contributed by atoms with Crippen LogP contribution in [0.4, 0.5) is 10.6 Å². The third kappa shape index (κ3) is 5.02. The molecule has 2 aromatic rings. The van der Waals surface area contributed by atoms with E-state index in [1.807, 2.05) is 32.9 Å². The van der Waals surface area contributed by atoms with Gasteiger partial charge in [0.2, 0.25) is 0 Å². The van der Waals surface area contributed by atoms with Crippen LogP contribution in [-0.4, -0.2) is 51.5 Å². The second-order valence-corrected chi connectivity index (χ2v) is 8.72. The summed E-state index contributed by atoms with van der Waals surface area (Å²) < 4.78 is 5.55. The first-order valence-electron chi connectivity index (χ1n) is 10.4. The number of aromatic hydroxyl groups is 1. The normalized spacial score (nSPS) is 17.1. The third-order valence-corrected chi connectivity index (χ3v) is 5.25. The Morgan fingerprint density at radius 3 is 2.73 bits per heavy atom. The number of nitrogens with two attached hydrogens (primary N) is 1. The highest BCUT2D eigenvalue weighted by molar-refractivity contribution is 5.71. The third-order valence-electron chi connectivity index (χ3n) is 5.25. The predicted octanol–water partition coefficient (Wildman–Crippen LogP) is 3.69. The molecule has 7 nitrogen and oxygen atoms in total. The topological polar surface area (TPSA) is 109 Å². The lowest BCUT2D eigenvalue weighted by atomic mass is 9.86. The molecule has 30 heavy (non-hydrogen) atoms. The fraction of sp³-hybridized carbons (Fsp3) is 0.478. The minimum Gasteiger partial charge on any atom is -0.507 e. The summed E-state index contributed by atoms with van der Waals surface area (Å²) in [5, 5.41) is 19.8. The molecule has 2 heterocycles. The molecule has 1 fully saturated rings. The Bertz CT molecular complexity index is 908. The molecule has 1 aromatic carbocycles. The summed E-state index contributed by atoms with van der Waals surface area (Å²) >= 11 is 0. The molecule has 162 valence electrons. The number of para-hydroxylation sites is 1. The fourth-order valence-corrected chi connectivity index (χ4v) is 3.91. The van der Waals surface area contributed by atoms with E-state index in [-0.39, 0.29) is 24.4 Å². The zero-order chi connectivity index (χ0) is 21.9. The minimum absolute atomic E-state index is 0.0442. The van der Waals surface area contributed by atoms with Crippen LogP contribution in [0.5, 0.6) is 5.75 Å². The maximum Gasteiger partial charge on any atom is 0.410 e. The summed E-state index contributed by atoms with van der Waals surface area (Å²) in [4.78, 5) is 18.8. The Hall–Kier alpha value is -2.80. The molecule has 0 radical (unpaired) electrons. The molecule has 0 aliphatic carbocycles. The monoisotopic (exact) mass is 413 g/mol. The van der Waals surface area contributed by atoms with Crippen molar-refractivity contribution in [3.05, 3.63) is 41.5 Å². The second kappa shape index (κ2) is 8.92. The van der Waals surface area contributed by atoms with Crippen LogP contribution in [0.2, 0.25) is 0 Å². The molecule has 1 amide bonds. The molecule has 0 bridgehead atoms. The summed E-state index contributed by atoms with van der Waals surface area (Å²) in [6, 6.07) is 8.92. The SMILES string of the molecule is CC(C)(C)OC(=O)N1CCCC(c2cc(-c3ccccc3O)nc(N)c2CCO)C1. The van der Waals surface area contributed by atoms with Crippen molar-refractivity contribution in [1.82, 2.24) is 9.88 Å². The number of aromatic nitrogens is 1. The van der Waals surface area contributed by atoms with E-state index in [4.69, 9.17) is 10.5 Å². The molecule has 0 spiro atoms. The van der Waals surface area contributed by atoms with Gasteiger partial charge in [0.1, 0.15) is 17.2 Å². The van der Waals surface area contributed by atoms with Gasteiger partial charge in [-0.1, -0.05) is 12.1 Å². The van der Waals surface area contributed by atoms with Crippen molar-refractivity contribution >= 4 is 11.9 Å². The van der Waals surface area contributed by atoms with Gasteiger partial charge in [-0.3, -0.25) is 0 Å². The predicted molar refractivity (Wildman–Crippen MR) is 116 cm³/mol. The van der Waals surface area contributed by atoms with E-state index >= 15 is 0 Å². The number of pyridine rings is 1. The van der Waals surface area contributed by atoms with Crippen LogP contribution in [0.3, 0.4) is 0 Å². The van der Waals surface area contributed by atoms with Gasteiger partial charge in [0.05, 0.1) is 5.69 Å². The first kappa shape index (κ1) is 21.9. The Labute approximate surface area is 177 Å². The molecule has 0 saturated carbocycles. The Morgan fingerprint density at radius 1 is 1.33 bits per heavy atom. The number of carbonyl (C=O) groups excluding carboxylic acids is 1. The average Bonchev–Trinajstić information content (AvgIpc) is 2.68. The van der Waals surface area contributed by atoms with Gasteiger partial charge in [-0.2, -0.15) is 0 Å². The highest BCUT2D eigenvalue weighted by Crippen LogP contribution is 2.36. The van der Waals surface area contributed by atoms with Crippen molar-refractivity contribution in [2.45, 2.75) is 51.6 Å².